The van der Waals surface area contributed by atoms with E-state index in [0.717, 1.165) is 11.3 Å². The molecule has 0 atom stereocenters. The van der Waals surface area contributed by atoms with Gasteiger partial charge in [-0.1, -0.05) is 11.6 Å². The molecule has 1 aliphatic rings. The van der Waals surface area contributed by atoms with Gasteiger partial charge in [-0.3, -0.25) is 9.79 Å². The third-order valence-corrected chi connectivity index (χ3v) is 2.52. The Morgan fingerprint density at radius 2 is 2.07 bits per heavy atom. The van der Waals surface area contributed by atoms with Crippen molar-refractivity contribution in [3.05, 3.63) is 28.3 Å². The number of Topliss-reactive ketones (excluding diaryl/α,β-unsaturated/α-hetero) is 1. The standard InChI is InChI=1S/C11H10ClNO/c1-6-3-8-10(14)5-7(2)13-11(8)9(12)4-6/h3-4H,5H2,1-2H3. The van der Waals surface area contributed by atoms with Crippen LogP contribution in [0.4, 0.5) is 5.69 Å². The quantitative estimate of drug-likeness (QED) is 0.642. The summed E-state index contributed by atoms with van der Waals surface area (Å²) in [5.41, 5.74) is 3.11. The van der Waals surface area contributed by atoms with Gasteiger partial charge in [0.2, 0.25) is 0 Å². The van der Waals surface area contributed by atoms with E-state index in [-0.39, 0.29) is 5.78 Å². The van der Waals surface area contributed by atoms with E-state index >= 15 is 0 Å². The minimum atomic E-state index is 0.109. The van der Waals surface area contributed by atoms with Crippen LogP contribution in [0.2, 0.25) is 5.02 Å². The van der Waals surface area contributed by atoms with Gasteiger partial charge in [-0.25, -0.2) is 0 Å². The maximum absolute atomic E-state index is 11.7. The fourth-order valence-electron chi connectivity index (χ4n) is 1.62. The van der Waals surface area contributed by atoms with Gasteiger partial charge in [0.15, 0.2) is 5.78 Å². The second-order valence-electron chi connectivity index (χ2n) is 3.59. The van der Waals surface area contributed by atoms with Crippen molar-refractivity contribution in [1.29, 1.82) is 0 Å². The van der Waals surface area contributed by atoms with Crippen LogP contribution in [0.1, 0.15) is 29.3 Å². The number of carbonyl (C=O) groups is 1. The molecule has 72 valence electrons. The lowest BCUT2D eigenvalue weighted by Gasteiger charge is -2.13. The summed E-state index contributed by atoms with van der Waals surface area (Å²) in [5.74, 6) is 0.109. The van der Waals surface area contributed by atoms with E-state index in [4.69, 9.17) is 11.6 Å². The number of aliphatic imine (C=N–C) groups is 1. The first kappa shape index (κ1) is 9.41. The molecule has 2 nitrogen and oxygen atoms in total. The van der Waals surface area contributed by atoms with Crippen molar-refractivity contribution in [3.8, 4) is 0 Å². The van der Waals surface area contributed by atoms with Crippen LogP contribution in [0.3, 0.4) is 0 Å². The zero-order valence-corrected chi connectivity index (χ0v) is 8.85. The molecule has 0 saturated heterocycles. The van der Waals surface area contributed by atoms with E-state index in [2.05, 4.69) is 4.99 Å². The van der Waals surface area contributed by atoms with Crippen LogP contribution in [0.15, 0.2) is 17.1 Å². The molecule has 1 aliphatic heterocycles. The fourth-order valence-corrected chi connectivity index (χ4v) is 1.93. The predicted octanol–water partition coefficient (Wildman–Crippen LogP) is 3.33. The summed E-state index contributed by atoms with van der Waals surface area (Å²) in [7, 11) is 0. The van der Waals surface area contributed by atoms with E-state index in [0.29, 0.717) is 22.7 Å². The van der Waals surface area contributed by atoms with Crippen molar-refractivity contribution in [3.63, 3.8) is 0 Å². The van der Waals surface area contributed by atoms with E-state index in [9.17, 15) is 4.79 Å². The Balaban J connectivity index is 2.72. The molecule has 0 unspecified atom stereocenters. The summed E-state index contributed by atoms with van der Waals surface area (Å²) < 4.78 is 0. The minimum Gasteiger partial charge on any atom is -0.294 e. The summed E-state index contributed by atoms with van der Waals surface area (Å²) in [4.78, 5) is 16.0. The second kappa shape index (κ2) is 3.21. The number of benzene rings is 1. The molecule has 0 aromatic heterocycles. The number of ketones is 1. The maximum Gasteiger partial charge on any atom is 0.170 e. The Morgan fingerprint density at radius 3 is 2.79 bits per heavy atom. The molecule has 2 rings (SSSR count). The number of nitrogens with zero attached hydrogens (tertiary/aromatic N) is 1. The highest BCUT2D eigenvalue weighted by molar-refractivity contribution is 6.35. The summed E-state index contributed by atoms with van der Waals surface area (Å²) in [6.45, 7) is 3.77. The van der Waals surface area contributed by atoms with Crippen LogP contribution in [0.25, 0.3) is 0 Å². The van der Waals surface area contributed by atoms with E-state index in [1.54, 1.807) is 0 Å². The summed E-state index contributed by atoms with van der Waals surface area (Å²) >= 11 is 6.02. The molecule has 0 aliphatic carbocycles. The topological polar surface area (TPSA) is 29.4 Å². The third kappa shape index (κ3) is 1.46. The molecule has 0 fully saturated rings. The Labute approximate surface area is 87.6 Å². The first-order valence-electron chi connectivity index (χ1n) is 4.45. The average Bonchev–Trinajstić information content (AvgIpc) is 2.07. The Morgan fingerprint density at radius 1 is 1.36 bits per heavy atom. The Kier molecular flexibility index (Phi) is 2.16. The number of hydrogen-bond acceptors (Lipinski definition) is 2. The van der Waals surface area contributed by atoms with Crippen molar-refractivity contribution in [2.45, 2.75) is 20.3 Å². The molecule has 3 heteroatoms. The highest BCUT2D eigenvalue weighted by Crippen LogP contribution is 2.34. The van der Waals surface area contributed by atoms with Gasteiger partial charge < -0.3 is 0 Å². The third-order valence-electron chi connectivity index (χ3n) is 2.23. The van der Waals surface area contributed by atoms with Crippen molar-refractivity contribution in [1.82, 2.24) is 0 Å². The van der Waals surface area contributed by atoms with E-state index < -0.39 is 0 Å². The highest BCUT2D eigenvalue weighted by Gasteiger charge is 2.20. The number of aryl methyl sites for hydroxylation is 1. The van der Waals surface area contributed by atoms with E-state index in [1.807, 2.05) is 26.0 Å². The smallest absolute Gasteiger partial charge is 0.170 e. The largest absolute Gasteiger partial charge is 0.294 e. The van der Waals surface area contributed by atoms with Gasteiger partial charge in [0.25, 0.3) is 0 Å². The van der Waals surface area contributed by atoms with Crippen molar-refractivity contribution in [2.24, 2.45) is 4.99 Å². The molecule has 0 saturated carbocycles. The monoisotopic (exact) mass is 207 g/mol. The van der Waals surface area contributed by atoms with Gasteiger partial charge in [0.05, 0.1) is 10.7 Å². The summed E-state index contributed by atoms with van der Waals surface area (Å²) in [6.07, 6.45) is 0.410. The molecule has 0 bridgehead atoms. The normalized spacial score (nSPS) is 15.1. The number of fused-ring (bicyclic) bond motifs is 1. The zero-order valence-electron chi connectivity index (χ0n) is 8.10. The first-order chi connectivity index (χ1) is 6.58. The SMILES string of the molecule is CC1=Nc2c(Cl)cc(C)cc2C(=O)C1. The lowest BCUT2D eigenvalue weighted by atomic mass is 9.99. The van der Waals surface area contributed by atoms with Crippen molar-refractivity contribution in [2.75, 3.05) is 0 Å². The van der Waals surface area contributed by atoms with Crippen LogP contribution < -0.4 is 0 Å². The number of hydrogen-bond donors (Lipinski definition) is 0. The summed E-state index contributed by atoms with van der Waals surface area (Å²) in [5, 5.41) is 0.562. The van der Waals surface area contributed by atoms with Gasteiger partial charge in [-0.05, 0) is 31.5 Å². The van der Waals surface area contributed by atoms with Gasteiger partial charge in [0, 0.05) is 17.7 Å². The molecule has 0 N–H and O–H groups in total. The van der Waals surface area contributed by atoms with Crippen LogP contribution in [-0.2, 0) is 0 Å². The zero-order chi connectivity index (χ0) is 10.3. The summed E-state index contributed by atoms with van der Waals surface area (Å²) in [6, 6.07) is 3.68. The average molecular weight is 208 g/mol. The molecule has 0 amide bonds. The first-order valence-corrected chi connectivity index (χ1v) is 4.83. The lowest BCUT2D eigenvalue weighted by Crippen LogP contribution is -2.10. The fraction of sp³-hybridized carbons (Fsp3) is 0.273. The van der Waals surface area contributed by atoms with Crippen LogP contribution in [-0.4, -0.2) is 11.5 Å². The van der Waals surface area contributed by atoms with Gasteiger partial charge >= 0.3 is 0 Å². The minimum absolute atomic E-state index is 0.109. The van der Waals surface area contributed by atoms with E-state index in [1.165, 1.54) is 0 Å². The molecule has 14 heavy (non-hydrogen) atoms. The number of halogens is 1. The Hall–Kier alpha value is -1.15. The number of rotatable bonds is 0. The molecule has 1 aromatic carbocycles. The Bertz CT molecular complexity index is 449. The molecule has 0 radical (unpaired) electrons. The molecule has 1 aromatic rings. The van der Waals surface area contributed by atoms with Gasteiger partial charge in [-0.15, -0.1) is 0 Å². The number of carbonyl (C=O) groups excluding carboxylic acids is 1. The highest BCUT2D eigenvalue weighted by atomic mass is 35.5. The lowest BCUT2D eigenvalue weighted by molar-refractivity contribution is 0.0999. The van der Waals surface area contributed by atoms with Crippen LogP contribution in [0.5, 0.6) is 0 Å². The molecular weight excluding hydrogens is 198 g/mol. The second-order valence-corrected chi connectivity index (χ2v) is 4.00. The van der Waals surface area contributed by atoms with Gasteiger partial charge in [0.1, 0.15) is 0 Å². The van der Waals surface area contributed by atoms with Crippen LogP contribution in [0, 0.1) is 6.92 Å². The maximum atomic E-state index is 11.7. The van der Waals surface area contributed by atoms with Crippen molar-refractivity contribution >= 4 is 28.8 Å². The molecule has 0 spiro atoms. The molecule has 1 heterocycles. The van der Waals surface area contributed by atoms with Crippen LogP contribution >= 0.6 is 11.6 Å². The van der Waals surface area contributed by atoms with Gasteiger partial charge in [-0.2, -0.15) is 0 Å². The predicted molar refractivity (Wildman–Crippen MR) is 57.9 cm³/mol. The van der Waals surface area contributed by atoms with Crippen molar-refractivity contribution < 1.29 is 4.79 Å². The molecular formula is C11H10ClNO.